The molecule has 26 heavy (non-hydrogen) atoms. The molecule has 1 amide bonds. The molecule has 3 aromatic rings. The van der Waals surface area contributed by atoms with Gasteiger partial charge in [0.1, 0.15) is 6.26 Å². The third-order valence-electron chi connectivity index (χ3n) is 4.56. The molecule has 0 bridgehead atoms. The number of ether oxygens (including phenoxy) is 1. The Morgan fingerprint density at radius 2 is 2.12 bits per heavy atom. The van der Waals surface area contributed by atoms with Crippen LogP contribution in [0.4, 0.5) is 10.8 Å². The van der Waals surface area contributed by atoms with Gasteiger partial charge >= 0.3 is 0 Å². The molecular weight excluding hydrogens is 354 g/mol. The van der Waals surface area contributed by atoms with E-state index in [1.54, 1.807) is 11.3 Å². The fourth-order valence-electron chi connectivity index (χ4n) is 3.03. The molecule has 1 saturated heterocycles. The van der Waals surface area contributed by atoms with Crippen LogP contribution in [-0.4, -0.2) is 47.2 Å². The number of hydrogen-bond donors (Lipinski definition) is 1. The van der Waals surface area contributed by atoms with Crippen LogP contribution in [0.15, 0.2) is 23.1 Å². The Morgan fingerprint density at radius 1 is 1.27 bits per heavy atom. The summed E-state index contributed by atoms with van der Waals surface area (Å²) in [6.45, 7) is 3.11. The molecule has 4 heterocycles. The van der Waals surface area contributed by atoms with Gasteiger partial charge in [0.15, 0.2) is 22.9 Å². The van der Waals surface area contributed by atoms with Crippen molar-refractivity contribution < 1.29 is 13.9 Å². The number of aromatic nitrogens is 3. The lowest BCUT2D eigenvalue weighted by Crippen LogP contribution is -2.36. The van der Waals surface area contributed by atoms with Crippen LogP contribution in [0.3, 0.4) is 0 Å². The minimum atomic E-state index is -0.292. The predicted molar refractivity (Wildman–Crippen MR) is 96.9 cm³/mol. The number of hydrogen-bond acceptors (Lipinski definition) is 8. The lowest BCUT2D eigenvalue weighted by atomic mass is 10.2. The van der Waals surface area contributed by atoms with E-state index in [4.69, 9.17) is 19.1 Å². The number of anilines is 2. The highest BCUT2D eigenvalue weighted by molar-refractivity contribution is 7.22. The Balaban J connectivity index is 1.50. The first-order valence-electron chi connectivity index (χ1n) is 8.61. The Bertz CT molecular complexity index is 945. The van der Waals surface area contributed by atoms with E-state index in [2.05, 4.69) is 15.2 Å². The van der Waals surface area contributed by atoms with Crippen molar-refractivity contribution in [3.63, 3.8) is 0 Å². The molecule has 8 nitrogen and oxygen atoms in total. The quantitative estimate of drug-likeness (QED) is 0.753. The fourth-order valence-corrected chi connectivity index (χ4v) is 4.03. The molecule has 1 N–H and O–H groups in total. The van der Waals surface area contributed by atoms with Crippen LogP contribution in [0.2, 0.25) is 0 Å². The van der Waals surface area contributed by atoms with Crippen LogP contribution in [0, 0.1) is 0 Å². The van der Waals surface area contributed by atoms with Crippen molar-refractivity contribution in [2.24, 2.45) is 0 Å². The summed E-state index contributed by atoms with van der Waals surface area (Å²) in [5, 5.41) is 3.89. The van der Waals surface area contributed by atoms with Gasteiger partial charge in [-0.1, -0.05) is 11.3 Å². The Kier molecular flexibility index (Phi) is 3.83. The third-order valence-corrected chi connectivity index (χ3v) is 5.61. The van der Waals surface area contributed by atoms with Crippen LogP contribution in [0.5, 0.6) is 0 Å². The van der Waals surface area contributed by atoms with Crippen molar-refractivity contribution in [2.45, 2.75) is 18.8 Å². The van der Waals surface area contributed by atoms with Crippen LogP contribution < -0.4 is 10.2 Å². The molecule has 2 aliphatic rings. The largest absolute Gasteiger partial charge is 0.451 e. The number of pyridine rings is 1. The zero-order valence-corrected chi connectivity index (χ0v) is 14.8. The molecule has 9 heteroatoms. The second-order valence-electron chi connectivity index (χ2n) is 6.44. The maximum absolute atomic E-state index is 12.4. The van der Waals surface area contributed by atoms with Crippen molar-refractivity contribution in [2.75, 3.05) is 36.5 Å². The van der Waals surface area contributed by atoms with E-state index in [9.17, 15) is 4.79 Å². The van der Waals surface area contributed by atoms with Gasteiger partial charge in [-0.2, -0.15) is 4.98 Å². The van der Waals surface area contributed by atoms with E-state index in [1.807, 2.05) is 6.07 Å². The Labute approximate surface area is 153 Å². The molecule has 3 aromatic heterocycles. The van der Waals surface area contributed by atoms with E-state index in [0.717, 1.165) is 66.0 Å². The van der Waals surface area contributed by atoms with Crippen molar-refractivity contribution in [1.29, 1.82) is 0 Å². The average molecular weight is 371 g/mol. The molecule has 2 fully saturated rings. The number of morpholine rings is 1. The number of nitrogens with zero attached hydrogens (tertiary/aromatic N) is 4. The second-order valence-corrected chi connectivity index (χ2v) is 7.45. The number of nitrogens with one attached hydrogen (secondary N) is 1. The zero-order valence-electron chi connectivity index (χ0n) is 14.0. The van der Waals surface area contributed by atoms with E-state index in [1.165, 1.54) is 12.7 Å². The number of fused-ring (bicyclic) bond motifs is 1. The summed E-state index contributed by atoms with van der Waals surface area (Å²) < 4.78 is 11.3. The normalized spacial score (nSPS) is 17.6. The maximum atomic E-state index is 12.4. The van der Waals surface area contributed by atoms with Gasteiger partial charge in [0, 0.05) is 19.0 Å². The maximum Gasteiger partial charge on any atom is 0.277 e. The molecule has 5 rings (SSSR count). The van der Waals surface area contributed by atoms with Crippen molar-refractivity contribution in [3.8, 4) is 0 Å². The van der Waals surface area contributed by atoms with Gasteiger partial charge in [-0.05, 0) is 18.9 Å². The molecule has 0 atom stereocenters. The van der Waals surface area contributed by atoms with Crippen LogP contribution in [-0.2, 0) is 4.74 Å². The Morgan fingerprint density at radius 3 is 2.85 bits per heavy atom. The lowest BCUT2D eigenvalue weighted by molar-refractivity contribution is 0.102. The average Bonchev–Trinajstić information content (AvgIpc) is 3.19. The molecule has 1 aliphatic carbocycles. The first-order chi connectivity index (χ1) is 12.8. The van der Waals surface area contributed by atoms with Gasteiger partial charge in [0.2, 0.25) is 0 Å². The minimum Gasteiger partial charge on any atom is -0.451 e. The molecule has 1 saturated carbocycles. The molecule has 0 radical (unpaired) electrons. The smallest absolute Gasteiger partial charge is 0.277 e. The topological polar surface area (TPSA) is 93.4 Å². The van der Waals surface area contributed by atoms with E-state index in [-0.39, 0.29) is 11.6 Å². The number of thiazole rings is 1. The first-order valence-corrected chi connectivity index (χ1v) is 9.43. The zero-order chi connectivity index (χ0) is 17.5. The highest BCUT2D eigenvalue weighted by atomic mass is 32.1. The SMILES string of the molecule is O=C(Nc1cc2sc(N3CCOCC3)nc2nc1C1CC1)c1cocn1. The molecule has 134 valence electrons. The first kappa shape index (κ1) is 15.7. The number of carbonyl (C=O) groups excluding carboxylic acids is 1. The molecule has 0 unspecified atom stereocenters. The number of amides is 1. The van der Waals surface area contributed by atoms with Gasteiger partial charge in [-0.25, -0.2) is 9.97 Å². The van der Waals surface area contributed by atoms with Gasteiger partial charge in [0.05, 0.1) is 29.3 Å². The third kappa shape index (κ3) is 2.93. The minimum absolute atomic E-state index is 0.255. The number of oxazole rings is 1. The van der Waals surface area contributed by atoms with Crippen LogP contribution in [0.25, 0.3) is 10.3 Å². The summed E-state index contributed by atoms with van der Waals surface area (Å²) in [5.74, 6) is 0.0975. The lowest BCUT2D eigenvalue weighted by Gasteiger charge is -2.25. The summed E-state index contributed by atoms with van der Waals surface area (Å²) in [6.07, 6.45) is 4.76. The van der Waals surface area contributed by atoms with E-state index >= 15 is 0 Å². The molecule has 0 aromatic carbocycles. The van der Waals surface area contributed by atoms with Crippen LogP contribution >= 0.6 is 11.3 Å². The van der Waals surface area contributed by atoms with Gasteiger partial charge in [0.25, 0.3) is 5.91 Å². The summed E-state index contributed by atoms with van der Waals surface area (Å²) in [4.78, 5) is 28.0. The highest BCUT2D eigenvalue weighted by Crippen LogP contribution is 2.44. The monoisotopic (exact) mass is 371 g/mol. The van der Waals surface area contributed by atoms with E-state index in [0.29, 0.717) is 5.92 Å². The predicted octanol–water partition coefficient (Wildman–Crippen LogP) is 2.65. The molecular formula is C17H17N5O3S. The second kappa shape index (κ2) is 6.33. The van der Waals surface area contributed by atoms with Crippen molar-refractivity contribution in [1.82, 2.24) is 15.0 Å². The van der Waals surface area contributed by atoms with Crippen LogP contribution in [0.1, 0.15) is 34.9 Å². The summed E-state index contributed by atoms with van der Waals surface area (Å²) in [5.41, 5.74) is 2.65. The number of carbonyl (C=O) groups is 1. The molecule has 1 aliphatic heterocycles. The number of rotatable bonds is 4. The summed E-state index contributed by atoms with van der Waals surface area (Å²) in [7, 11) is 0. The van der Waals surface area contributed by atoms with Gasteiger partial charge in [-0.3, -0.25) is 4.79 Å². The van der Waals surface area contributed by atoms with Gasteiger partial charge in [-0.15, -0.1) is 0 Å². The standard InChI is InChI=1S/C17H17N5O3S/c23-16(12-8-25-9-18-12)19-11-7-13-15(20-14(11)10-1-2-10)21-17(26-13)22-3-5-24-6-4-22/h7-10H,1-6H2,(H,19,23). The van der Waals surface area contributed by atoms with Crippen molar-refractivity contribution in [3.05, 3.63) is 30.1 Å². The fraction of sp³-hybridized carbons (Fsp3) is 0.412. The summed E-state index contributed by atoms with van der Waals surface area (Å²) in [6, 6.07) is 1.98. The highest BCUT2D eigenvalue weighted by Gasteiger charge is 2.30. The van der Waals surface area contributed by atoms with E-state index < -0.39 is 0 Å². The molecule has 0 spiro atoms. The summed E-state index contributed by atoms with van der Waals surface area (Å²) >= 11 is 1.59. The van der Waals surface area contributed by atoms with Gasteiger partial charge < -0.3 is 19.4 Å². The van der Waals surface area contributed by atoms with Crippen molar-refractivity contribution >= 4 is 38.4 Å². The Hall–Kier alpha value is -2.52.